The van der Waals surface area contributed by atoms with Crippen LogP contribution in [0.1, 0.15) is 18.1 Å². The predicted molar refractivity (Wildman–Crippen MR) is 112 cm³/mol. The molecule has 2 aromatic rings. The number of benzene rings is 2. The zero-order valence-electron chi connectivity index (χ0n) is 16.4. The summed E-state index contributed by atoms with van der Waals surface area (Å²) in [5, 5.41) is 0. The molecule has 0 aliphatic carbocycles. The number of methoxy groups -OCH3 is 3. The molecule has 0 saturated carbocycles. The Morgan fingerprint density at radius 3 is 2.31 bits per heavy atom. The van der Waals surface area contributed by atoms with Crippen LogP contribution in [-0.4, -0.2) is 39.8 Å². The zero-order valence-corrected chi connectivity index (χ0v) is 18.0. The Kier molecular flexibility index (Phi) is 6.43. The minimum Gasteiger partial charge on any atom is -0.497 e. The number of cyclic esters (lactones) is 1. The molecule has 7 nitrogen and oxygen atoms in total. The number of halogens is 1. The second kappa shape index (κ2) is 9.00. The van der Waals surface area contributed by atoms with Gasteiger partial charge in [-0.25, -0.2) is 9.79 Å². The predicted octanol–water partition coefficient (Wildman–Crippen LogP) is 4.22. The van der Waals surface area contributed by atoms with Crippen LogP contribution in [0.15, 0.2) is 45.5 Å². The lowest BCUT2D eigenvalue weighted by Gasteiger charge is -2.12. The van der Waals surface area contributed by atoms with E-state index in [0.717, 1.165) is 0 Å². The Bertz CT molecular complexity index is 977. The molecule has 0 amide bonds. The Hall–Kier alpha value is -3.00. The van der Waals surface area contributed by atoms with E-state index in [2.05, 4.69) is 20.9 Å². The number of hydrogen-bond acceptors (Lipinski definition) is 7. The van der Waals surface area contributed by atoms with E-state index in [1.165, 1.54) is 0 Å². The van der Waals surface area contributed by atoms with Gasteiger partial charge in [0.1, 0.15) is 11.5 Å². The van der Waals surface area contributed by atoms with Crippen molar-refractivity contribution < 1.29 is 28.5 Å². The molecule has 0 fully saturated rings. The summed E-state index contributed by atoms with van der Waals surface area (Å²) in [6, 6.07) is 8.74. The largest absolute Gasteiger partial charge is 0.497 e. The Morgan fingerprint density at radius 2 is 1.72 bits per heavy atom. The SMILES string of the molecule is CCOc1cc(/C=C2\N=C(c3cc(OC)cc(OC)c3)OC2=O)cc(Br)c1OC. The number of esters is 1. The lowest BCUT2D eigenvalue weighted by atomic mass is 10.1. The second-order valence-electron chi connectivity index (χ2n) is 5.90. The Balaban J connectivity index is 1.99. The van der Waals surface area contributed by atoms with Crippen molar-refractivity contribution in [3.05, 3.63) is 51.6 Å². The third-order valence-electron chi connectivity index (χ3n) is 4.06. The first-order valence-electron chi connectivity index (χ1n) is 8.75. The van der Waals surface area contributed by atoms with Gasteiger partial charge < -0.3 is 23.7 Å². The first kappa shape index (κ1) is 20.7. The van der Waals surface area contributed by atoms with Crippen molar-refractivity contribution >= 4 is 33.9 Å². The van der Waals surface area contributed by atoms with Crippen molar-refractivity contribution in [2.24, 2.45) is 4.99 Å². The van der Waals surface area contributed by atoms with Gasteiger partial charge in [0.25, 0.3) is 0 Å². The molecule has 0 aromatic heterocycles. The first-order chi connectivity index (χ1) is 14.0. The van der Waals surface area contributed by atoms with Crippen molar-refractivity contribution in [2.45, 2.75) is 6.92 Å². The van der Waals surface area contributed by atoms with Crippen LogP contribution in [0.25, 0.3) is 6.08 Å². The summed E-state index contributed by atoms with van der Waals surface area (Å²) >= 11 is 3.46. The van der Waals surface area contributed by atoms with Crippen LogP contribution in [0.3, 0.4) is 0 Å². The number of rotatable bonds is 7. The minimum atomic E-state index is -0.549. The van der Waals surface area contributed by atoms with Gasteiger partial charge in [-0.3, -0.25) is 0 Å². The van der Waals surface area contributed by atoms with Crippen molar-refractivity contribution in [1.29, 1.82) is 0 Å². The van der Waals surface area contributed by atoms with Crippen molar-refractivity contribution in [2.75, 3.05) is 27.9 Å². The number of hydrogen-bond donors (Lipinski definition) is 0. The second-order valence-corrected chi connectivity index (χ2v) is 6.76. The fourth-order valence-electron chi connectivity index (χ4n) is 2.75. The van der Waals surface area contributed by atoms with E-state index in [-0.39, 0.29) is 11.6 Å². The van der Waals surface area contributed by atoms with E-state index in [1.807, 2.05) is 13.0 Å². The van der Waals surface area contributed by atoms with Gasteiger partial charge in [-0.1, -0.05) is 0 Å². The molecule has 0 bridgehead atoms. The molecule has 1 aliphatic heterocycles. The monoisotopic (exact) mass is 461 g/mol. The highest BCUT2D eigenvalue weighted by atomic mass is 79.9. The van der Waals surface area contributed by atoms with E-state index in [0.29, 0.717) is 45.2 Å². The lowest BCUT2D eigenvalue weighted by molar-refractivity contribution is -0.129. The summed E-state index contributed by atoms with van der Waals surface area (Å²) in [6.45, 7) is 2.36. The molecule has 0 unspecified atom stereocenters. The maximum atomic E-state index is 12.4. The fourth-order valence-corrected chi connectivity index (χ4v) is 3.38. The molecular weight excluding hydrogens is 442 g/mol. The molecule has 1 aliphatic rings. The smallest absolute Gasteiger partial charge is 0.363 e. The van der Waals surface area contributed by atoms with E-state index in [9.17, 15) is 4.79 Å². The topological polar surface area (TPSA) is 75.6 Å². The van der Waals surface area contributed by atoms with Crippen LogP contribution < -0.4 is 18.9 Å². The number of aliphatic imine (C=N–C) groups is 1. The summed E-state index contributed by atoms with van der Waals surface area (Å²) in [4.78, 5) is 16.7. The standard InChI is InChI=1S/C21H20BrNO6/c1-5-28-18-8-12(6-16(22)19(18)27-4)7-17-21(24)29-20(23-17)13-9-14(25-2)11-15(10-13)26-3/h6-11H,5H2,1-4H3/b17-7-. The number of nitrogens with zero attached hydrogens (tertiary/aromatic N) is 1. The molecule has 2 aromatic carbocycles. The molecule has 0 spiro atoms. The highest BCUT2D eigenvalue weighted by molar-refractivity contribution is 9.10. The third-order valence-corrected chi connectivity index (χ3v) is 4.65. The summed E-state index contributed by atoms with van der Waals surface area (Å²) in [7, 11) is 4.65. The minimum absolute atomic E-state index is 0.168. The number of carbonyl (C=O) groups excluding carboxylic acids is 1. The Labute approximate surface area is 177 Å². The van der Waals surface area contributed by atoms with Crippen LogP contribution in [0.5, 0.6) is 23.0 Å². The van der Waals surface area contributed by atoms with Crippen LogP contribution in [0.2, 0.25) is 0 Å². The molecule has 0 atom stereocenters. The highest BCUT2D eigenvalue weighted by Gasteiger charge is 2.25. The summed E-state index contributed by atoms with van der Waals surface area (Å²) in [6.07, 6.45) is 1.62. The molecule has 152 valence electrons. The van der Waals surface area contributed by atoms with Gasteiger partial charge in [0.15, 0.2) is 17.2 Å². The van der Waals surface area contributed by atoms with E-state index >= 15 is 0 Å². The quantitative estimate of drug-likeness (QED) is 0.453. The fraction of sp³-hybridized carbons (Fsp3) is 0.238. The van der Waals surface area contributed by atoms with Crippen molar-refractivity contribution in [3.63, 3.8) is 0 Å². The van der Waals surface area contributed by atoms with Crippen LogP contribution >= 0.6 is 15.9 Å². The molecule has 3 rings (SSSR count). The molecule has 1 heterocycles. The molecule has 0 N–H and O–H groups in total. The van der Waals surface area contributed by atoms with Gasteiger partial charge in [0.05, 0.1) is 32.4 Å². The molecule has 8 heteroatoms. The van der Waals surface area contributed by atoms with E-state index < -0.39 is 5.97 Å². The van der Waals surface area contributed by atoms with Gasteiger partial charge >= 0.3 is 5.97 Å². The highest BCUT2D eigenvalue weighted by Crippen LogP contribution is 2.37. The van der Waals surface area contributed by atoms with E-state index in [1.54, 1.807) is 51.7 Å². The van der Waals surface area contributed by atoms with Crippen LogP contribution in [0, 0.1) is 0 Å². The molecular formula is C21H20BrNO6. The summed E-state index contributed by atoms with van der Waals surface area (Å²) in [5.74, 6) is 1.90. The maximum Gasteiger partial charge on any atom is 0.363 e. The number of ether oxygens (including phenoxy) is 5. The third kappa shape index (κ3) is 4.54. The van der Waals surface area contributed by atoms with Gasteiger partial charge in [0, 0.05) is 11.6 Å². The van der Waals surface area contributed by atoms with Crippen molar-refractivity contribution in [1.82, 2.24) is 0 Å². The summed E-state index contributed by atoms with van der Waals surface area (Å²) in [5.41, 5.74) is 1.45. The summed E-state index contributed by atoms with van der Waals surface area (Å²) < 4.78 is 27.5. The normalized spacial score (nSPS) is 14.4. The van der Waals surface area contributed by atoms with Crippen molar-refractivity contribution in [3.8, 4) is 23.0 Å². The van der Waals surface area contributed by atoms with Crippen LogP contribution in [0.4, 0.5) is 0 Å². The lowest BCUT2D eigenvalue weighted by Crippen LogP contribution is -2.06. The zero-order chi connectivity index (χ0) is 21.0. The van der Waals surface area contributed by atoms with Gasteiger partial charge in [0.2, 0.25) is 5.90 Å². The van der Waals surface area contributed by atoms with Crippen LogP contribution in [-0.2, 0) is 9.53 Å². The van der Waals surface area contributed by atoms with Gasteiger partial charge in [-0.2, -0.15) is 0 Å². The van der Waals surface area contributed by atoms with Gasteiger partial charge in [-0.15, -0.1) is 0 Å². The average molecular weight is 462 g/mol. The molecule has 29 heavy (non-hydrogen) atoms. The van der Waals surface area contributed by atoms with Gasteiger partial charge in [-0.05, 0) is 58.8 Å². The average Bonchev–Trinajstić information content (AvgIpc) is 3.08. The molecule has 0 radical (unpaired) electrons. The number of carbonyl (C=O) groups is 1. The first-order valence-corrected chi connectivity index (χ1v) is 9.54. The maximum absolute atomic E-state index is 12.4. The molecule has 0 saturated heterocycles. The van der Waals surface area contributed by atoms with E-state index in [4.69, 9.17) is 23.7 Å². The Morgan fingerprint density at radius 1 is 1.03 bits per heavy atom.